The van der Waals surface area contributed by atoms with Crippen LogP contribution in [-0.2, 0) is 9.59 Å². The van der Waals surface area contributed by atoms with Crippen molar-refractivity contribution in [2.75, 3.05) is 6.54 Å². The summed E-state index contributed by atoms with van der Waals surface area (Å²) in [6.45, 7) is 4.43. The van der Waals surface area contributed by atoms with E-state index in [9.17, 15) is 9.59 Å². The molecule has 0 saturated heterocycles. The number of carboxylic acid groups (broad SMARTS) is 1. The zero-order valence-electron chi connectivity index (χ0n) is 9.82. The lowest BCUT2D eigenvalue weighted by molar-refractivity contribution is -0.138. The lowest BCUT2D eigenvalue weighted by Gasteiger charge is -2.17. The molecule has 0 aromatic rings. The molecule has 0 bridgehead atoms. The molecule has 0 aliphatic carbocycles. The fourth-order valence-corrected chi connectivity index (χ4v) is 1.57. The summed E-state index contributed by atoms with van der Waals surface area (Å²) in [5.41, 5.74) is 0. The first-order chi connectivity index (χ1) is 7.45. The third-order valence-corrected chi connectivity index (χ3v) is 2.12. The summed E-state index contributed by atoms with van der Waals surface area (Å²) in [5.74, 6) is 1.57. The van der Waals surface area contributed by atoms with Gasteiger partial charge < -0.3 is 10.4 Å². The van der Waals surface area contributed by atoms with Crippen molar-refractivity contribution in [1.29, 1.82) is 0 Å². The molecule has 16 heavy (non-hydrogen) atoms. The van der Waals surface area contributed by atoms with Gasteiger partial charge in [-0.2, -0.15) is 0 Å². The van der Waals surface area contributed by atoms with E-state index in [0.717, 1.165) is 6.42 Å². The normalized spacial score (nSPS) is 11.9. The van der Waals surface area contributed by atoms with Gasteiger partial charge in [-0.15, -0.1) is 6.42 Å². The molecule has 2 N–H and O–H groups in total. The lowest BCUT2D eigenvalue weighted by Crippen LogP contribution is -2.30. The first-order valence-corrected chi connectivity index (χ1v) is 5.37. The number of carbonyl (C=O) groups excluding carboxylic acids is 1. The third-order valence-electron chi connectivity index (χ3n) is 2.12. The topological polar surface area (TPSA) is 66.4 Å². The van der Waals surface area contributed by atoms with Gasteiger partial charge in [-0.05, 0) is 18.3 Å². The molecule has 0 aliphatic heterocycles. The van der Waals surface area contributed by atoms with Crippen molar-refractivity contribution in [3.05, 3.63) is 0 Å². The second-order valence-electron chi connectivity index (χ2n) is 4.28. The van der Waals surface area contributed by atoms with E-state index in [1.165, 1.54) is 0 Å². The Morgan fingerprint density at radius 2 is 2.06 bits per heavy atom. The van der Waals surface area contributed by atoms with Crippen molar-refractivity contribution >= 4 is 11.9 Å². The summed E-state index contributed by atoms with van der Waals surface area (Å²) in [5, 5.41) is 11.4. The van der Waals surface area contributed by atoms with Gasteiger partial charge in [0.25, 0.3) is 0 Å². The third kappa shape index (κ3) is 7.86. The molecule has 0 aromatic carbocycles. The van der Waals surface area contributed by atoms with Crippen LogP contribution in [0, 0.1) is 24.2 Å². The minimum atomic E-state index is -0.836. The summed E-state index contributed by atoms with van der Waals surface area (Å²) in [7, 11) is 0. The van der Waals surface area contributed by atoms with Crippen LogP contribution in [0.25, 0.3) is 0 Å². The highest BCUT2D eigenvalue weighted by atomic mass is 16.4. The molecule has 1 atom stereocenters. The number of carbonyl (C=O) groups is 2. The Morgan fingerprint density at radius 3 is 2.50 bits per heavy atom. The Balaban J connectivity index is 4.06. The molecule has 0 aromatic heterocycles. The molecular formula is C12H19NO3. The molecule has 0 aliphatic rings. The first-order valence-electron chi connectivity index (χ1n) is 5.37. The van der Waals surface area contributed by atoms with Gasteiger partial charge in [0.05, 0.1) is 6.42 Å². The van der Waals surface area contributed by atoms with Gasteiger partial charge in [0.1, 0.15) is 0 Å². The van der Waals surface area contributed by atoms with Crippen molar-refractivity contribution < 1.29 is 14.7 Å². The predicted octanol–water partition coefficient (Wildman–Crippen LogP) is 1.26. The Kier molecular flexibility index (Phi) is 7.02. The average Bonchev–Trinajstić information content (AvgIpc) is 2.13. The number of hydrogen-bond donors (Lipinski definition) is 2. The summed E-state index contributed by atoms with van der Waals surface area (Å²) >= 11 is 0. The number of nitrogens with one attached hydrogen (secondary N) is 1. The van der Waals surface area contributed by atoms with Crippen molar-refractivity contribution in [2.45, 2.75) is 33.1 Å². The van der Waals surface area contributed by atoms with Crippen LogP contribution < -0.4 is 5.32 Å². The number of hydrogen-bond acceptors (Lipinski definition) is 2. The Morgan fingerprint density at radius 1 is 1.44 bits per heavy atom. The van der Waals surface area contributed by atoms with Gasteiger partial charge in [0.2, 0.25) is 5.91 Å². The highest BCUT2D eigenvalue weighted by Gasteiger charge is 2.15. The van der Waals surface area contributed by atoms with E-state index in [1.807, 2.05) is 13.8 Å². The minimum Gasteiger partial charge on any atom is -0.481 e. The molecule has 0 rings (SSSR count). The van der Waals surface area contributed by atoms with E-state index in [0.29, 0.717) is 12.5 Å². The average molecular weight is 225 g/mol. The fraction of sp³-hybridized carbons (Fsp3) is 0.667. The van der Waals surface area contributed by atoms with Gasteiger partial charge in [-0.3, -0.25) is 9.59 Å². The van der Waals surface area contributed by atoms with Crippen LogP contribution in [0.15, 0.2) is 0 Å². The van der Waals surface area contributed by atoms with Crippen LogP contribution >= 0.6 is 0 Å². The summed E-state index contributed by atoms with van der Waals surface area (Å²) < 4.78 is 0. The predicted molar refractivity (Wildman–Crippen MR) is 61.7 cm³/mol. The molecule has 0 unspecified atom stereocenters. The van der Waals surface area contributed by atoms with E-state index < -0.39 is 5.97 Å². The largest absolute Gasteiger partial charge is 0.481 e. The SMILES string of the molecule is C#CCC(=O)NC[C@H](CC(=O)O)CC(C)C. The van der Waals surface area contributed by atoms with Crippen molar-refractivity contribution in [1.82, 2.24) is 5.32 Å². The van der Waals surface area contributed by atoms with Crippen LogP contribution in [0.5, 0.6) is 0 Å². The molecule has 0 saturated carbocycles. The maximum Gasteiger partial charge on any atom is 0.303 e. The van der Waals surface area contributed by atoms with E-state index in [-0.39, 0.29) is 24.7 Å². The molecule has 0 radical (unpaired) electrons. The van der Waals surface area contributed by atoms with Crippen LogP contribution in [0.4, 0.5) is 0 Å². The standard InChI is InChI=1S/C12H19NO3/c1-4-5-11(14)13-8-10(6-9(2)3)7-12(15)16/h1,9-10H,5-8H2,2-3H3,(H,13,14)(H,15,16)/t10-/m0/s1. The molecule has 0 fully saturated rings. The van der Waals surface area contributed by atoms with E-state index >= 15 is 0 Å². The molecule has 4 heteroatoms. The smallest absolute Gasteiger partial charge is 0.303 e. The van der Waals surface area contributed by atoms with E-state index in [4.69, 9.17) is 11.5 Å². The maximum absolute atomic E-state index is 11.1. The van der Waals surface area contributed by atoms with Gasteiger partial charge in [0, 0.05) is 13.0 Å². The summed E-state index contributed by atoms with van der Waals surface area (Å²) in [4.78, 5) is 21.7. The molecular weight excluding hydrogens is 206 g/mol. The number of terminal acetylenes is 1. The fourth-order valence-electron chi connectivity index (χ4n) is 1.57. The van der Waals surface area contributed by atoms with Crippen LogP contribution in [0.2, 0.25) is 0 Å². The second-order valence-corrected chi connectivity index (χ2v) is 4.28. The number of amides is 1. The molecule has 0 heterocycles. The van der Waals surface area contributed by atoms with Gasteiger partial charge in [-0.1, -0.05) is 19.8 Å². The monoisotopic (exact) mass is 225 g/mol. The maximum atomic E-state index is 11.1. The highest BCUT2D eigenvalue weighted by Crippen LogP contribution is 2.14. The van der Waals surface area contributed by atoms with Crippen molar-refractivity contribution in [2.24, 2.45) is 11.8 Å². The van der Waals surface area contributed by atoms with Crippen LogP contribution in [-0.4, -0.2) is 23.5 Å². The van der Waals surface area contributed by atoms with Gasteiger partial charge in [0.15, 0.2) is 0 Å². The second kappa shape index (κ2) is 7.75. The zero-order chi connectivity index (χ0) is 12.6. The Hall–Kier alpha value is -1.50. The lowest BCUT2D eigenvalue weighted by atomic mass is 9.94. The molecule has 0 spiro atoms. The summed E-state index contributed by atoms with van der Waals surface area (Å²) in [6.07, 6.45) is 5.89. The van der Waals surface area contributed by atoms with Crippen LogP contribution in [0.1, 0.15) is 33.1 Å². The highest BCUT2D eigenvalue weighted by molar-refractivity contribution is 5.78. The van der Waals surface area contributed by atoms with Gasteiger partial charge >= 0.3 is 5.97 Å². The number of carboxylic acids is 1. The Labute approximate surface area is 96.4 Å². The van der Waals surface area contributed by atoms with Gasteiger partial charge in [-0.25, -0.2) is 0 Å². The molecule has 4 nitrogen and oxygen atoms in total. The number of aliphatic carboxylic acids is 1. The molecule has 1 amide bonds. The Bertz CT molecular complexity index is 278. The van der Waals surface area contributed by atoms with Crippen LogP contribution in [0.3, 0.4) is 0 Å². The number of rotatable bonds is 7. The summed E-state index contributed by atoms with van der Waals surface area (Å²) in [6, 6.07) is 0. The zero-order valence-corrected chi connectivity index (χ0v) is 9.82. The first kappa shape index (κ1) is 14.5. The minimum absolute atomic E-state index is 0.0285. The van der Waals surface area contributed by atoms with Crippen molar-refractivity contribution in [3.63, 3.8) is 0 Å². The molecule has 90 valence electrons. The quantitative estimate of drug-likeness (QED) is 0.641. The van der Waals surface area contributed by atoms with E-state index in [2.05, 4.69) is 11.2 Å². The van der Waals surface area contributed by atoms with E-state index in [1.54, 1.807) is 0 Å². The van der Waals surface area contributed by atoms with Crippen molar-refractivity contribution in [3.8, 4) is 12.3 Å².